The molecular weight excluding hydrogens is 393 g/mol. The van der Waals surface area contributed by atoms with Crippen LogP contribution < -0.4 is 11.3 Å². The molecule has 1 aromatic carbocycles. The van der Waals surface area contributed by atoms with E-state index in [2.05, 4.69) is 56.9 Å². The summed E-state index contributed by atoms with van der Waals surface area (Å²) in [6.45, 7) is 2.17. The van der Waals surface area contributed by atoms with Crippen LogP contribution in [0.5, 0.6) is 0 Å². The molecule has 0 saturated heterocycles. The fourth-order valence-corrected chi connectivity index (χ4v) is 5.12. The zero-order chi connectivity index (χ0) is 21.4. The van der Waals surface area contributed by atoms with Crippen LogP contribution in [-0.4, -0.2) is 27.4 Å². The normalized spacial score (nSPS) is 18.3. The minimum absolute atomic E-state index is 0. The van der Waals surface area contributed by atoms with Crippen molar-refractivity contribution in [1.82, 2.24) is 19.5 Å². The number of rotatable bonds is 6. The molecule has 32 heavy (non-hydrogen) atoms. The van der Waals surface area contributed by atoms with Gasteiger partial charge in [0.25, 0.3) is 0 Å². The Morgan fingerprint density at radius 2 is 2.00 bits per heavy atom. The molecule has 4 aromatic rings. The van der Waals surface area contributed by atoms with E-state index in [-0.39, 0.29) is 7.43 Å². The van der Waals surface area contributed by atoms with Crippen LogP contribution in [0, 0.1) is 5.92 Å². The van der Waals surface area contributed by atoms with E-state index in [4.69, 9.17) is 13.6 Å². The zero-order valence-corrected chi connectivity index (χ0v) is 18.1. The fourth-order valence-electron chi connectivity index (χ4n) is 5.12. The highest BCUT2D eigenvalue weighted by Gasteiger charge is 2.26. The van der Waals surface area contributed by atoms with E-state index in [0.717, 1.165) is 47.3 Å². The fraction of sp³-hybridized carbons (Fsp3) is 0.423. The lowest BCUT2D eigenvalue weighted by Crippen LogP contribution is -2.11. The third-order valence-corrected chi connectivity index (χ3v) is 6.80. The summed E-state index contributed by atoms with van der Waals surface area (Å²) in [6.07, 6.45) is 11.6. The number of pyridine rings is 1. The summed E-state index contributed by atoms with van der Waals surface area (Å²) >= 11 is 0. The van der Waals surface area contributed by atoms with Crippen molar-refractivity contribution in [3.8, 4) is 0 Å². The Hall–Kier alpha value is -2.89. The second-order valence-corrected chi connectivity index (χ2v) is 8.90. The molecule has 0 aliphatic heterocycles. The molecular formula is C26H32BN5. The number of anilines is 1. The van der Waals surface area contributed by atoms with Crippen molar-refractivity contribution in [1.29, 1.82) is 0 Å². The predicted octanol–water partition coefficient (Wildman–Crippen LogP) is 4.92. The van der Waals surface area contributed by atoms with Crippen LogP contribution >= 0.6 is 0 Å². The molecule has 2 radical (unpaired) electrons. The van der Waals surface area contributed by atoms with Crippen molar-refractivity contribution in [2.75, 3.05) is 5.73 Å². The van der Waals surface area contributed by atoms with Gasteiger partial charge in [0.05, 0.1) is 5.52 Å². The van der Waals surface area contributed by atoms with E-state index in [0.29, 0.717) is 17.5 Å². The van der Waals surface area contributed by atoms with E-state index in [1.165, 1.54) is 36.6 Å². The topological polar surface area (TPSA) is 69.6 Å². The summed E-state index contributed by atoms with van der Waals surface area (Å²) in [5, 5.41) is 2.14. The maximum absolute atomic E-state index is 6.18. The maximum Gasteiger partial charge on any atom is 0.142 e. The first-order valence-corrected chi connectivity index (χ1v) is 11.4. The minimum Gasteiger partial charge on any atom is -0.383 e. The Bertz CT molecular complexity index is 1230. The molecule has 0 bridgehead atoms. The summed E-state index contributed by atoms with van der Waals surface area (Å²) in [5.41, 5.74) is 11.2. The second-order valence-electron chi connectivity index (χ2n) is 8.90. The van der Waals surface area contributed by atoms with Crippen molar-refractivity contribution in [3.63, 3.8) is 0 Å². The summed E-state index contributed by atoms with van der Waals surface area (Å²) in [7, 11) is 6.00. The first kappa shape index (κ1) is 22.3. The van der Waals surface area contributed by atoms with Gasteiger partial charge < -0.3 is 10.3 Å². The molecule has 5 rings (SSSR count). The Kier molecular flexibility index (Phi) is 6.49. The van der Waals surface area contributed by atoms with Crippen LogP contribution in [0.25, 0.3) is 21.9 Å². The summed E-state index contributed by atoms with van der Waals surface area (Å²) in [6, 6.07) is 11.4. The van der Waals surface area contributed by atoms with Gasteiger partial charge in [-0.1, -0.05) is 32.9 Å². The molecule has 2 N–H and O–H groups in total. The van der Waals surface area contributed by atoms with Crippen LogP contribution in [-0.2, 0) is 12.8 Å². The average molecular weight is 425 g/mol. The van der Waals surface area contributed by atoms with Gasteiger partial charge in [0.1, 0.15) is 25.6 Å². The number of hydrogen-bond donors (Lipinski definition) is 1. The molecule has 1 saturated carbocycles. The Labute approximate surface area is 191 Å². The number of nitrogens with zero attached hydrogens (tertiary/aromatic N) is 4. The van der Waals surface area contributed by atoms with E-state index in [9.17, 15) is 0 Å². The van der Waals surface area contributed by atoms with Gasteiger partial charge in [-0.3, -0.25) is 4.98 Å². The molecule has 2 atom stereocenters. The lowest BCUT2D eigenvalue weighted by Gasteiger charge is -2.15. The SMILES string of the molecule is C.[B]c1ncnc2c1ccn2C1CCC(CCc2ccc3cc(CCC)c(N)nc3c2)C1. The molecule has 3 aromatic heterocycles. The number of nitrogens with two attached hydrogens (primary N) is 1. The largest absolute Gasteiger partial charge is 0.383 e. The molecule has 3 heterocycles. The monoisotopic (exact) mass is 425 g/mol. The highest BCUT2D eigenvalue weighted by atomic mass is 15.1. The van der Waals surface area contributed by atoms with Gasteiger partial charge in [0, 0.05) is 28.6 Å². The van der Waals surface area contributed by atoms with Gasteiger partial charge in [-0.15, -0.1) is 0 Å². The quantitative estimate of drug-likeness (QED) is 0.446. The number of aryl methyl sites for hydroxylation is 2. The smallest absolute Gasteiger partial charge is 0.142 e. The van der Waals surface area contributed by atoms with Gasteiger partial charge in [-0.25, -0.2) is 9.97 Å². The van der Waals surface area contributed by atoms with Crippen LogP contribution in [0.3, 0.4) is 0 Å². The molecule has 1 aliphatic carbocycles. The van der Waals surface area contributed by atoms with Crippen molar-refractivity contribution in [3.05, 3.63) is 54.0 Å². The van der Waals surface area contributed by atoms with Gasteiger partial charge in [-0.05, 0) is 73.8 Å². The maximum atomic E-state index is 6.18. The first-order chi connectivity index (χ1) is 15.1. The summed E-state index contributed by atoms with van der Waals surface area (Å²) in [4.78, 5) is 13.2. The number of fused-ring (bicyclic) bond motifs is 2. The molecule has 6 heteroatoms. The molecule has 0 amide bonds. The summed E-state index contributed by atoms with van der Waals surface area (Å²) in [5.74, 6) is 1.40. The Balaban J connectivity index is 0.00000245. The van der Waals surface area contributed by atoms with Gasteiger partial charge in [0.15, 0.2) is 0 Å². The van der Waals surface area contributed by atoms with E-state index >= 15 is 0 Å². The molecule has 0 spiro atoms. The highest BCUT2D eigenvalue weighted by Crippen LogP contribution is 2.38. The number of benzene rings is 1. The zero-order valence-electron chi connectivity index (χ0n) is 18.1. The third-order valence-electron chi connectivity index (χ3n) is 6.80. The first-order valence-electron chi connectivity index (χ1n) is 11.4. The minimum atomic E-state index is 0. The van der Waals surface area contributed by atoms with Crippen LogP contribution in [0.4, 0.5) is 5.82 Å². The van der Waals surface area contributed by atoms with Gasteiger partial charge in [0.2, 0.25) is 0 Å². The molecule has 5 nitrogen and oxygen atoms in total. The van der Waals surface area contributed by atoms with Gasteiger partial charge in [-0.2, -0.15) is 0 Å². The van der Waals surface area contributed by atoms with Crippen molar-refractivity contribution >= 4 is 41.2 Å². The van der Waals surface area contributed by atoms with E-state index < -0.39 is 0 Å². The van der Waals surface area contributed by atoms with Crippen molar-refractivity contribution in [2.24, 2.45) is 5.92 Å². The van der Waals surface area contributed by atoms with Crippen LogP contribution in [0.15, 0.2) is 42.9 Å². The van der Waals surface area contributed by atoms with Crippen molar-refractivity contribution in [2.45, 2.75) is 65.3 Å². The Morgan fingerprint density at radius 1 is 1.12 bits per heavy atom. The summed E-state index contributed by atoms with van der Waals surface area (Å²) < 4.78 is 2.30. The van der Waals surface area contributed by atoms with E-state index in [1.54, 1.807) is 6.33 Å². The number of hydrogen-bond acceptors (Lipinski definition) is 4. The molecule has 1 fully saturated rings. The highest BCUT2D eigenvalue weighted by molar-refractivity contribution is 6.36. The number of nitrogen functional groups attached to an aromatic ring is 1. The van der Waals surface area contributed by atoms with Crippen LogP contribution in [0.1, 0.15) is 63.6 Å². The van der Waals surface area contributed by atoms with Crippen molar-refractivity contribution < 1.29 is 0 Å². The van der Waals surface area contributed by atoms with E-state index in [1.807, 2.05) is 6.07 Å². The predicted molar refractivity (Wildman–Crippen MR) is 134 cm³/mol. The molecule has 2 unspecified atom stereocenters. The standard InChI is InChI=1S/C25H28BN5.CH4/c1-2-3-19-14-18-8-6-17(13-22(18)30-24(19)27)5-4-16-7-9-20(12-16)31-11-10-21-23(26)28-15-29-25(21)31;/h6,8,10-11,13-16,20H,2-5,7,9,12H2,1H3,(H2,27,30);1H4. The Morgan fingerprint density at radius 3 is 2.84 bits per heavy atom. The average Bonchev–Trinajstić information content (AvgIpc) is 3.40. The van der Waals surface area contributed by atoms with Crippen LogP contribution in [0.2, 0.25) is 0 Å². The second kappa shape index (κ2) is 9.31. The lowest BCUT2D eigenvalue weighted by molar-refractivity contribution is 0.461. The van der Waals surface area contributed by atoms with Gasteiger partial charge >= 0.3 is 0 Å². The third kappa shape index (κ3) is 4.23. The molecule has 1 aliphatic rings. The lowest BCUT2D eigenvalue weighted by atomic mass is 9.97. The number of aromatic nitrogens is 4. The molecule has 164 valence electrons.